The molecule has 4 nitrogen and oxygen atoms in total. The van der Waals surface area contributed by atoms with Gasteiger partial charge in [-0.2, -0.15) is 0 Å². The minimum atomic E-state index is 0.634. The Balaban J connectivity index is 1.10. The largest absolute Gasteiger partial charge is 0.309 e. The van der Waals surface area contributed by atoms with Crippen LogP contribution in [0.15, 0.2) is 182 Å². The molecule has 0 amide bonds. The smallest absolute Gasteiger partial charge is 0.164 e. The average Bonchev–Trinajstić information content (AvgIpc) is 3.56. The first kappa shape index (κ1) is 29.0. The Bertz CT molecular complexity index is 2890. The fraction of sp³-hybridized carbons (Fsp3) is 0. The van der Waals surface area contributed by atoms with E-state index in [9.17, 15) is 0 Å². The molecule has 0 spiro atoms. The van der Waals surface area contributed by atoms with Gasteiger partial charge >= 0.3 is 0 Å². The fourth-order valence-electron chi connectivity index (χ4n) is 7.31. The summed E-state index contributed by atoms with van der Waals surface area (Å²) in [4.78, 5) is 15.2. The van der Waals surface area contributed by atoms with Crippen LogP contribution >= 0.6 is 0 Å². The molecule has 238 valence electrons. The molecule has 0 unspecified atom stereocenters. The normalized spacial score (nSPS) is 11.5. The van der Waals surface area contributed by atoms with Gasteiger partial charge in [-0.3, -0.25) is 0 Å². The van der Waals surface area contributed by atoms with Gasteiger partial charge in [-0.15, -0.1) is 0 Å². The maximum absolute atomic E-state index is 5.07. The summed E-state index contributed by atoms with van der Waals surface area (Å²) in [5, 5.41) is 7.35. The lowest BCUT2D eigenvalue weighted by atomic mass is 10.0. The van der Waals surface area contributed by atoms with Crippen molar-refractivity contribution in [2.75, 3.05) is 0 Å². The number of aromatic nitrogens is 4. The highest BCUT2D eigenvalue weighted by molar-refractivity contribution is 6.21. The van der Waals surface area contributed by atoms with Crippen molar-refractivity contribution in [1.82, 2.24) is 19.5 Å². The second-order valence-corrected chi connectivity index (χ2v) is 12.9. The average molecular weight is 651 g/mol. The monoisotopic (exact) mass is 650 g/mol. The van der Waals surface area contributed by atoms with E-state index >= 15 is 0 Å². The summed E-state index contributed by atoms with van der Waals surface area (Å²) in [6.07, 6.45) is 0. The molecule has 2 aromatic heterocycles. The summed E-state index contributed by atoms with van der Waals surface area (Å²) in [6.45, 7) is 0. The van der Waals surface area contributed by atoms with E-state index in [4.69, 9.17) is 15.0 Å². The third-order valence-corrected chi connectivity index (χ3v) is 9.84. The van der Waals surface area contributed by atoms with Crippen LogP contribution in [0.3, 0.4) is 0 Å². The molecule has 4 heteroatoms. The van der Waals surface area contributed by atoms with Crippen molar-refractivity contribution in [2.24, 2.45) is 0 Å². The lowest BCUT2D eigenvalue weighted by Gasteiger charge is -2.11. The highest BCUT2D eigenvalue weighted by Crippen LogP contribution is 2.37. The Morgan fingerprint density at radius 3 is 1.57 bits per heavy atom. The third kappa shape index (κ3) is 5.04. The zero-order chi connectivity index (χ0) is 33.7. The number of para-hydroxylation sites is 1. The first-order valence-corrected chi connectivity index (χ1v) is 17.2. The third-order valence-electron chi connectivity index (χ3n) is 9.84. The van der Waals surface area contributed by atoms with E-state index in [0.29, 0.717) is 17.5 Å². The van der Waals surface area contributed by atoms with Crippen LogP contribution in [-0.4, -0.2) is 19.5 Å². The van der Waals surface area contributed by atoms with E-state index < -0.39 is 0 Å². The minimum Gasteiger partial charge on any atom is -0.309 e. The lowest BCUT2D eigenvalue weighted by Crippen LogP contribution is -2.00. The maximum Gasteiger partial charge on any atom is 0.164 e. The molecule has 0 aliphatic carbocycles. The molecule has 0 atom stereocenters. The standard InChI is InChI=1S/C47H30N4/c1-2-10-31(11-3-1)33-18-21-35(22-19-33)45-48-46(50-47(49-45)38-23-20-32-12-4-5-14-37(32)30-38)36-24-27-39(28-25-36)51-42-17-9-8-16-41(42)44-40-15-7-6-13-34(40)26-29-43(44)51/h1-30H. The van der Waals surface area contributed by atoms with Crippen LogP contribution in [0, 0.1) is 0 Å². The number of hydrogen-bond donors (Lipinski definition) is 0. The molecule has 10 rings (SSSR count). The van der Waals surface area contributed by atoms with E-state index in [1.807, 2.05) is 6.07 Å². The number of benzene rings is 8. The molecule has 10 aromatic rings. The zero-order valence-corrected chi connectivity index (χ0v) is 27.6. The zero-order valence-electron chi connectivity index (χ0n) is 27.6. The van der Waals surface area contributed by atoms with Gasteiger partial charge < -0.3 is 4.57 Å². The van der Waals surface area contributed by atoms with Crippen LogP contribution in [0.4, 0.5) is 0 Å². The van der Waals surface area contributed by atoms with Crippen LogP contribution in [-0.2, 0) is 0 Å². The van der Waals surface area contributed by atoms with E-state index in [-0.39, 0.29) is 0 Å². The summed E-state index contributed by atoms with van der Waals surface area (Å²) >= 11 is 0. The molecule has 0 radical (unpaired) electrons. The molecule has 51 heavy (non-hydrogen) atoms. The highest BCUT2D eigenvalue weighted by Gasteiger charge is 2.16. The number of nitrogens with zero attached hydrogens (tertiary/aromatic N) is 4. The van der Waals surface area contributed by atoms with Crippen molar-refractivity contribution < 1.29 is 0 Å². The van der Waals surface area contributed by atoms with Crippen LogP contribution in [0.2, 0.25) is 0 Å². The van der Waals surface area contributed by atoms with Gasteiger partial charge in [-0.1, -0.05) is 140 Å². The molecule has 0 saturated carbocycles. The van der Waals surface area contributed by atoms with Crippen molar-refractivity contribution in [1.29, 1.82) is 0 Å². The Labute approximate surface area is 295 Å². The van der Waals surface area contributed by atoms with Crippen LogP contribution in [0.5, 0.6) is 0 Å². The van der Waals surface area contributed by atoms with Gasteiger partial charge in [0.1, 0.15) is 0 Å². The van der Waals surface area contributed by atoms with Crippen LogP contribution < -0.4 is 0 Å². The van der Waals surface area contributed by atoms with Crippen LogP contribution in [0.1, 0.15) is 0 Å². The SMILES string of the molecule is c1ccc(-c2ccc(-c3nc(-c4ccc(-n5c6ccccc6c6c7ccccc7ccc65)cc4)nc(-c4ccc5ccccc5c4)n3)cc2)cc1. The van der Waals surface area contributed by atoms with Crippen molar-refractivity contribution in [3.8, 4) is 51.0 Å². The molecule has 8 aromatic carbocycles. The molecular formula is C47H30N4. The topological polar surface area (TPSA) is 43.6 Å². The molecule has 0 saturated heterocycles. The molecule has 0 aliphatic heterocycles. The van der Waals surface area contributed by atoms with Crippen molar-refractivity contribution >= 4 is 43.4 Å². The predicted molar refractivity (Wildman–Crippen MR) is 211 cm³/mol. The van der Waals surface area contributed by atoms with Gasteiger partial charge in [0.25, 0.3) is 0 Å². The summed E-state index contributed by atoms with van der Waals surface area (Å²) in [7, 11) is 0. The van der Waals surface area contributed by atoms with Crippen molar-refractivity contribution in [3.05, 3.63) is 182 Å². The van der Waals surface area contributed by atoms with E-state index in [1.165, 1.54) is 43.5 Å². The predicted octanol–water partition coefficient (Wildman–Crippen LogP) is 11.9. The van der Waals surface area contributed by atoms with Gasteiger partial charge in [0.05, 0.1) is 11.0 Å². The maximum atomic E-state index is 5.07. The van der Waals surface area contributed by atoms with Gasteiger partial charge in [-0.25, -0.2) is 15.0 Å². The first-order valence-electron chi connectivity index (χ1n) is 17.2. The summed E-state index contributed by atoms with van der Waals surface area (Å²) in [5.41, 5.74) is 8.59. The summed E-state index contributed by atoms with van der Waals surface area (Å²) in [6, 6.07) is 64.0. The van der Waals surface area contributed by atoms with E-state index in [0.717, 1.165) is 33.3 Å². The van der Waals surface area contributed by atoms with Crippen molar-refractivity contribution in [3.63, 3.8) is 0 Å². The van der Waals surface area contributed by atoms with E-state index in [1.54, 1.807) is 0 Å². The molecule has 0 fully saturated rings. The molecule has 2 heterocycles. The van der Waals surface area contributed by atoms with Gasteiger partial charge in [0.15, 0.2) is 17.5 Å². The quantitative estimate of drug-likeness (QED) is 0.186. The first-order chi connectivity index (χ1) is 25.3. The molecular weight excluding hydrogens is 621 g/mol. The van der Waals surface area contributed by atoms with Crippen molar-refractivity contribution in [2.45, 2.75) is 0 Å². The van der Waals surface area contributed by atoms with Crippen LogP contribution in [0.25, 0.3) is 94.3 Å². The lowest BCUT2D eigenvalue weighted by molar-refractivity contribution is 1.07. The second-order valence-electron chi connectivity index (χ2n) is 12.9. The highest BCUT2D eigenvalue weighted by atomic mass is 15.0. The minimum absolute atomic E-state index is 0.634. The summed E-state index contributed by atoms with van der Waals surface area (Å²) in [5.74, 6) is 1.92. The van der Waals surface area contributed by atoms with Gasteiger partial charge in [0, 0.05) is 33.2 Å². The number of rotatable bonds is 5. The second kappa shape index (κ2) is 11.9. The Morgan fingerprint density at radius 2 is 0.824 bits per heavy atom. The Kier molecular flexibility index (Phi) is 6.78. The number of hydrogen-bond acceptors (Lipinski definition) is 3. The van der Waals surface area contributed by atoms with Gasteiger partial charge in [0.2, 0.25) is 0 Å². The summed E-state index contributed by atoms with van der Waals surface area (Å²) < 4.78 is 2.36. The van der Waals surface area contributed by atoms with Gasteiger partial charge in [-0.05, 0) is 75.1 Å². The number of fused-ring (bicyclic) bond motifs is 6. The molecule has 0 bridgehead atoms. The Morgan fingerprint density at radius 1 is 0.314 bits per heavy atom. The Hall–Kier alpha value is -6.91. The molecule has 0 N–H and O–H groups in total. The fourth-order valence-corrected chi connectivity index (χ4v) is 7.31. The van der Waals surface area contributed by atoms with E-state index in [2.05, 4.69) is 180 Å². The molecule has 0 aliphatic rings.